The highest BCUT2D eigenvalue weighted by Crippen LogP contribution is 2.17. The van der Waals surface area contributed by atoms with E-state index in [2.05, 4.69) is 5.32 Å². The molecule has 0 aromatic carbocycles. The van der Waals surface area contributed by atoms with Crippen LogP contribution in [0.3, 0.4) is 0 Å². The molecule has 5 atom stereocenters. The van der Waals surface area contributed by atoms with Gasteiger partial charge in [0.1, 0.15) is 24.5 Å². The summed E-state index contributed by atoms with van der Waals surface area (Å²) < 4.78 is 5.23. The topological polar surface area (TPSA) is 128 Å². The zero-order valence-electron chi connectivity index (χ0n) is 8.28. The highest BCUT2D eigenvalue weighted by atomic mass is 16.5. The van der Waals surface area contributed by atoms with Crippen LogP contribution in [0.25, 0.3) is 0 Å². The molecule has 1 fully saturated rings. The van der Waals surface area contributed by atoms with Crippen molar-refractivity contribution in [3.8, 4) is 0 Å². The van der Waals surface area contributed by atoms with Gasteiger partial charge in [0.25, 0.3) is 0 Å². The third kappa shape index (κ3) is 2.85. The predicted molar refractivity (Wildman–Crippen MR) is 50.8 cm³/mol. The Labute approximate surface area is 87.5 Å². The van der Waals surface area contributed by atoms with E-state index >= 15 is 0 Å². The Bertz CT molecular complexity index is 192. The number of aliphatic hydroxyl groups excluding tert-OH is 4. The molecule has 1 aliphatic heterocycles. The lowest BCUT2D eigenvalue weighted by Crippen LogP contribution is -2.65. The Hall–Kier alpha value is -0.280. The SMILES string of the molecule is N[C@H]1[C@@H](O)[C@H](O)[C@H](CO)O[C@@H]1NCCO. The highest BCUT2D eigenvalue weighted by molar-refractivity contribution is 4.93. The molecule has 1 aliphatic rings. The monoisotopic (exact) mass is 222 g/mol. The molecule has 0 amide bonds. The zero-order chi connectivity index (χ0) is 11.4. The van der Waals surface area contributed by atoms with Crippen LogP contribution in [0.15, 0.2) is 0 Å². The third-order valence-corrected chi connectivity index (χ3v) is 2.43. The Balaban J connectivity index is 2.57. The van der Waals surface area contributed by atoms with E-state index in [0.29, 0.717) is 0 Å². The van der Waals surface area contributed by atoms with Crippen LogP contribution >= 0.6 is 0 Å². The van der Waals surface area contributed by atoms with E-state index in [9.17, 15) is 10.2 Å². The number of nitrogens with two attached hydrogens (primary N) is 1. The van der Waals surface area contributed by atoms with Gasteiger partial charge in [0.2, 0.25) is 0 Å². The van der Waals surface area contributed by atoms with Crippen molar-refractivity contribution in [1.82, 2.24) is 5.32 Å². The van der Waals surface area contributed by atoms with E-state index in [1.165, 1.54) is 0 Å². The fourth-order valence-corrected chi connectivity index (χ4v) is 1.53. The van der Waals surface area contributed by atoms with Gasteiger partial charge in [-0.15, -0.1) is 0 Å². The molecule has 0 saturated carbocycles. The molecule has 1 rings (SSSR count). The molecular formula is C8H18N2O5. The van der Waals surface area contributed by atoms with Crippen molar-refractivity contribution in [3.05, 3.63) is 0 Å². The summed E-state index contributed by atoms with van der Waals surface area (Å²) >= 11 is 0. The predicted octanol–water partition coefficient (Wildman–Crippen LogP) is -3.67. The Morgan fingerprint density at radius 1 is 1.20 bits per heavy atom. The summed E-state index contributed by atoms with van der Waals surface area (Å²) in [7, 11) is 0. The lowest BCUT2D eigenvalue weighted by molar-refractivity contribution is -0.196. The van der Waals surface area contributed by atoms with Gasteiger partial charge in [-0.1, -0.05) is 0 Å². The molecule has 1 heterocycles. The summed E-state index contributed by atoms with van der Waals surface area (Å²) in [6, 6.07) is -0.797. The largest absolute Gasteiger partial charge is 0.395 e. The quantitative estimate of drug-likeness (QED) is 0.289. The first-order valence-electron chi connectivity index (χ1n) is 4.84. The molecule has 0 radical (unpaired) electrons. The fourth-order valence-electron chi connectivity index (χ4n) is 1.53. The Morgan fingerprint density at radius 2 is 1.87 bits per heavy atom. The van der Waals surface area contributed by atoms with Crippen LogP contribution in [0.5, 0.6) is 0 Å². The van der Waals surface area contributed by atoms with E-state index in [1.807, 2.05) is 0 Å². The van der Waals surface area contributed by atoms with Crippen LogP contribution in [-0.4, -0.2) is 70.8 Å². The highest BCUT2D eigenvalue weighted by Gasteiger charge is 2.41. The van der Waals surface area contributed by atoms with Gasteiger partial charge in [-0.3, -0.25) is 5.32 Å². The van der Waals surface area contributed by atoms with E-state index in [1.54, 1.807) is 0 Å². The molecule has 0 aromatic rings. The number of hydrogen-bond donors (Lipinski definition) is 6. The molecule has 0 aromatic heterocycles. The molecule has 7 nitrogen and oxygen atoms in total. The number of hydrogen-bond acceptors (Lipinski definition) is 7. The summed E-state index contributed by atoms with van der Waals surface area (Å²) in [5.41, 5.74) is 5.61. The van der Waals surface area contributed by atoms with Gasteiger partial charge in [0, 0.05) is 6.54 Å². The van der Waals surface area contributed by atoms with Crippen LogP contribution < -0.4 is 11.1 Å². The van der Waals surface area contributed by atoms with Crippen molar-refractivity contribution in [2.45, 2.75) is 30.6 Å². The molecule has 7 heteroatoms. The van der Waals surface area contributed by atoms with Crippen molar-refractivity contribution >= 4 is 0 Å². The number of nitrogens with one attached hydrogen (secondary N) is 1. The molecule has 0 unspecified atom stereocenters. The van der Waals surface area contributed by atoms with Crippen LogP contribution in [0.2, 0.25) is 0 Å². The van der Waals surface area contributed by atoms with Crippen LogP contribution in [0.1, 0.15) is 0 Å². The second-order valence-corrected chi connectivity index (χ2v) is 3.51. The van der Waals surface area contributed by atoms with Gasteiger partial charge >= 0.3 is 0 Å². The lowest BCUT2D eigenvalue weighted by atomic mass is 9.97. The van der Waals surface area contributed by atoms with Crippen LogP contribution in [-0.2, 0) is 4.74 Å². The molecule has 90 valence electrons. The van der Waals surface area contributed by atoms with E-state index in [4.69, 9.17) is 20.7 Å². The Morgan fingerprint density at radius 3 is 2.40 bits per heavy atom. The second-order valence-electron chi connectivity index (χ2n) is 3.51. The summed E-state index contributed by atoms with van der Waals surface area (Å²) in [4.78, 5) is 0. The average molecular weight is 222 g/mol. The van der Waals surface area contributed by atoms with Gasteiger partial charge in [-0.05, 0) is 0 Å². The minimum absolute atomic E-state index is 0.0883. The van der Waals surface area contributed by atoms with Crippen LogP contribution in [0.4, 0.5) is 0 Å². The summed E-state index contributed by atoms with van der Waals surface area (Å²) in [6.45, 7) is -0.226. The average Bonchev–Trinajstić information content (AvgIpc) is 2.25. The zero-order valence-corrected chi connectivity index (χ0v) is 8.28. The van der Waals surface area contributed by atoms with Crippen molar-refractivity contribution in [3.63, 3.8) is 0 Å². The normalized spacial score (nSPS) is 41.8. The van der Waals surface area contributed by atoms with Crippen molar-refractivity contribution in [1.29, 1.82) is 0 Å². The van der Waals surface area contributed by atoms with E-state index in [-0.39, 0.29) is 13.2 Å². The summed E-state index contributed by atoms with van der Waals surface area (Å²) in [5.74, 6) is 0. The lowest BCUT2D eigenvalue weighted by Gasteiger charge is -2.41. The molecule has 7 N–H and O–H groups in total. The summed E-state index contributed by atoms with van der Waals surface area (Å²) in [5, 5.41) is 39.3. The molecule has 0 spiro atoms. The molecule has 1 saturated heterocycles. The van der Waals surface area contributed by atoms with Crippen molar-refractivity contribution < 1.29 is 25.2 Å². The van der Waals surface area contributed by atoms with Gasteiger partial charge in [0.05, 0.1) is 19.3 Å². The fraction of sp³-hybridized carbons (Fsp3) is 1.00. The minimum atomic E-state index is -1.20. The van der Waals surface area contributed by atoms with Crippen LogP contribution in [0, 0.1) is 0 Å². The maximum absolute atomic E-state index is 9.55. The third-order valence-electron chi connectivity index (χ3n) is 2.43. The van der Waals surface area contributed by atoms with Crippen molar-refractivity contribution in [2.24, 2.45) is 5.73 Å². The van der Waals surface area contributed by atoms with Gasteiger partial charge in [-0.25, -0.2) is 0 Å². The first-order valence-corrected chi connectivity index (χ1v) is 4.84. The molecular weight excluding hydrogens is 204 g/mol. The number of aliphatic hydroxyl groups is 4. The first kappa shape index (κ1) is 12.8. The minimum Gasteiger partial charge on any atom is -0.395 e. The molecule has 15 heavy (non-hydrogen) atoms. The van der Waals surface area contributed by atoms with Gasteiger partial charge in [-0.2, -0.15) is 0 Å². The van der Waals surface area contributed by atoms with E-state index < -0.39 is 37.2 Å². The maximum Gasteiger partial charge on any atom is 0.126 e. The molecule has 0 bridgehead atoms. The second kappa shape index (κ2) is 5.71. The Kier molecular flexibility index (Phi) is 4.87. The summed E-state index contributed by atoms with van der Waals surface area (Å²) in [6.07, 6.45) is -3.91. The smallest absolute Gasteiger partial charge is 0.126 e. The van der Waals surface area contributed by atoms with Crippen molar-refractivity contribution in [2.75, 3.05) is 19.8 Å². The number of rotatable bonds is 4. The van der Waals surface area contributed by atoms with Gasteiger partial charge in [0.15, 0.2) is 0 Å². The molecule has 0 aliphatic carbocycles. The maximum atomic E-state index is 9.55. The van der Waals surface area contributed by atoms with Gasteiger partial charge < -0.3 is 30.9 Å². The number of ether oxygens (including phenoxy) is 1. The van der Waals surface area contributed by atoms with E-state index in [0.717, 1.165) is 0 Å². The standard InChI is InChI=1S/C8H18N2O5/c9-5-7(14)6(13)4(3-12)15-8(5)10-1-2-11/h4-8,10-14H,1-3,9H2/t4-,5-,6+,7+,8-/m0/s1. The first-order chi connectivity index (χ1) is 7.11.